The van der Waals surface area contributed by atoms with Gasteiger partial charge in [0, 0.05) is 23.1 Å². The third-order valence-electron chi connectivity index (χ3n) is 4.72. The molecular formula is C17H27BrN2. The Morgan fingerprint density at radius 2 is 2.00 bits per heavy atom. The van der Waals surface area contributed by atoms with Crippen molar-refractivity contribution in [2.75, 3.05) is 18.0 Å². The van der Waals surface area contributed by atoms with Gasteiger partial charge in [-0.05, 0) is 72.8 Å². The zero-order valence-corrected chi connectivity index (χ0v) is 14.9. The van der Waals surface area contributed by atoms with Crippen molar-refractivity contribution in [3.05, 3.63) is 27.7 Å². The first-order valence-electron chi connectivity index (χ1n) is 7.72. The van der Waals surface area contributed by atoms with E-state index in [1.165, 1.54) is 27.7 Å². The number of hydrogen-bond acceptors (Lipinski definition) is 2. The second kappa shape index (κ2) is 6.48. The van der Waals surface area contributed by atoms with Crippen molar-refractivity contribution in [1.29, 1.82) is 0 Å². The molecule has 1 aliphatic heterocycles. The van der Waals surface area contributed by atoms with E-state index in [1.54, 1.807) is 0 Å². The minimum Gasteiger partial charge on any atom is -0.367 e. The van der Waals surface area contributed by atoms with Crippen LogP contribution in [0.1, 0.15) is 38.3 Å². The van der Waals surface area contributed by atoms with E-state index in [1.807, 2.05) is 0 Å². The first-order chi connectivity index (χ1) is 9.45. The van der Waals surface area contributed by atoms with Gasteiger partial charge >= 0.3 is 0 Å². The van der Waals surface area contributed by atoms with E-state index in [2.05, 4.69) is 72.9 Å². The summed E-state index contributed by atoms with van der Waals surface area (Å²) >= 11 is 3.77. The maximum Gasteiger partial charge on any atom is 0.0543 e. The predicted octanol–water partition coefficient (Wildman–Crippen LogP) is 4.28. The summed E-state index contributed by atoms with van der Waals surface area (Å²) < 4.78 is 1.23. The van der Waals surface area contributed by atoms with Crippen LogP contribution < -0.4 is 10.2 Å². The Morgan fingerprint density at radius 3 is 2.60 bits per heavy atom. The molecular weight excluding hydrogens is 312 g/mol. The minimum absolute atomic E-state index is 0.561. The summed E-state index contributed by atoms with van der Waals surface area (Å²) in [6, 6.07) is 5.73. The number of halogens is 1. The molecule has 3 atom stereocenters. The van der Waals surface area contributed by atoms with E-state index in [9.17, 15) is 0 Å². The zero-order chi connectivity index (χ0) is 14.9. The van der Waals surface area contributed by atoms with E-state index < -0.39 is 0 Å². The summed E-state index contributed by atoms with van der Waals surface area (Å²) in [5, 5.41) is 3.64. The molecule has 0 aromatic heterocycles. The Kier molecular flexibility index (Phi) is 5.14. The smallest absolute Gasteiger partial charge is 0.0543 e. The highest BCUT2D eigenvalue weighted by Crippen LogP contribution is 2.36. The number of nitrogens with zero attached hydrogens (tertiary/aromatic N) is 1. The zero-order valence-electron chi connectivity index (χ0n) is 13.3. The predicted molar refractivity (Wildman–Crippen MR) is 91.7 cm³/mol. The maximum atomic E-state index is 3.77. The van der Waals surface area contributed by atoms with Crippen LogP contribution in [0.25, 0.3) is 0 Å². The van der Waals surface area contributed by atoms with Gasteiger partial charge in [0.1, 0.15) is 0 Å². The van der Waals surface area contributed by atoms with Crippen LogP contribution in [0.4, 0.5) is 5.69 Å². The van der Waals surface area contributed by atoms with Gasteiger partial charge in [-0.2, -0.15) is 0 Å². The molecule has 0 spiro atoms. The molecule has 1 aromatic rings. The van der Waals surface area contributed by atoms with E-state index in [-0.39, 0.29) is 0 Å². The van der Waals surface area contributed by atoms with Gasteiger partial charge in [-0.1, -0.05) is 19.9 Å². The molecule has 2 nitrogen and oxygen atoms in total. The number of aryl methyl sites for hydroxylation is 2. The number of benzene rings is 1. The van der Waals surface area contributed by atoms with Gasteiger partial charge in [-0.25, -0.2) is 0 Å². The minimum atomic E-state index is 0.561. The average Bonchev–Trinajstić information content (AvgIpc) is 2.36. The van der Waals surface area contributed by atoms with E-state index in [0.717, 1.165) is 13.1 Å². The second-order valence-electron chi connectivity index (χ2n) is 6.16. The quantitative estimate of drug-likeness (QED) is 0.884. The van der Waals surface area contributed by atoms with Crippen LogP contribution in [0.15, 0.2) is 16.6 Å². The largest absolute Gasteiger partial charge is 0.367 e. The van der Waals surface area contributed by atoms with E-state index in [4.69, 9.17) is 0 Å². The highest BCUT2D eigenvalue weighted by molar-refractivity contribution is 9.10. The van der Waals surface area contributed by atoms with Crippen molar-refractivity contribution >= 4 is 21.6 Å². The number of piperidine rings is 1. The van der Waals surface area contributed by atoms with Gasteiger partial charge in [0.2, 0.25) is 0 Å². The number of anilines is 1. The molecule has 0 radical (unpaired) electrons. The van der Waals surface area contributed by atoms with Crippen LogP contribution in [0.2, 0.25) is 0 Å². The van der Waals surface area contributed by atoms with Crippen LogP contribution in [0.3, 0.4) is 0 Å². The highest BCUT2D eigenvalue weighted by atomic mass is 79.9. The highest BCUT2D eigenvalue weighted by Gasteiger charge is 2.33. The van der Waals surface area contributed by atoms with Crippen molar-refractivity contribution < 1.29 is 0 Å². The van der Waals surface area contributed by atoms with Crippen molar-refractivity contribution in [1.82, 2.24) is 5.32 Å². The van der Waals surface area contributed by atoms with Gasteiger partial charge in [-0.3, -0.25) is 0 Å². The molecule has 1 heterocycles. The molecule has 0 aliphatic carbocycles. The molecule has 3 unspecified atom stereocenters. The maximum absolute atomic E-state index is 3.77. The van der Waals surface area contributed by atoms with Gasteiger partial charge < -0.3 is 10.2 Å². The molecule has 1 aromatic carbocycles. The molecule has 1 aliphatic rings. The average molecular weight is 339 g/mol. The number of rotatable bonds is 3. The molecule has 112 valence electrons. The monoisotopic (exact) mass is 338 g/mol. The van der Waals surface area contributed by atoms with Gasteiger partial charge in [0.05, 0.1) is 5.69 Å². The normalized spacial score (nSPS) is 26.9. The summed E-state index contributed by atoms with van der Waals surface area (Å²) in [6.07, 6.45) is 1.22. The molecule has 1 N–H and O–H groups in total. The molecule has 3 heteroatoms. The molecule has 0 saturated carbocycles. The van der Waals surface area contributed by atoms with Crippen LogP contribution in [-0.4, -0.2) is 25.2 Å². The fraction of sp³-hybridized carbons (Fsp3) is 0.647. The van der Waals surface area contributed by atoms with Crippen molar-refractivity contribution in [2.24, 2.45) is 5.92 Å². The third-order valence-corrected chi connectivity index (χ3v) is 5.32. The molecule has 0 amide bonds. The second-order valence-corrected chi connectivity index (χ2v) is 7.01. The third kappa shape index (κ3) is 3.04. The molecule has 1 saturated heterocycles. The van der Waals surface area contributed by atoms with E-state index in [0.29, 0.717) is 18.0 Å². The van der Waals surface area contributed by atoms with Crippen LogP contribution in [0.5, 0.6) is 0 Å². The number of hydrogen-bond donors (Lipinski definition) is 1. The Labute approximate surface area is 132 Å². The van der Waals surface area contributed by atoms with Crippen LogP contribution >= 0.6 is 15.9 Å². The van der Waals surface area contributed by atoms with Crippen molar-refractivity contribution in [2.45, 2.75) is 53.1 Å². The van der Waals surface area contributed by atoms with Gasteiger partial charge in [-0.15, -0.1) is 0 Å². The summed E-state index contributed by atoms with van der Waals surface area (Å²) in [7, 11) is 0. The van der Waals surface area contributed by atoms with Crippen LogP contribution in [-0.2, 0) is 0 Å². The first-order valence-corrected chi connectivity index (χ1v) is 8.51. The Balaban J connectivity index is 2.27. The van der Waals surface area contributed by atoms with E-state index >= 15 is 0 Å². The number of nitrogens with one attached hydrogen (secondary N) is 1. The van der Waals surface area contributed by atoms with Gasteiger partial charge in [0.25, 0.3) is 0 Å². The van der Waals surface area contributed by atoms with Crippen LogP contribution in [0, 0.1) is 19.8 Å². The fourth-order valence-electron chi connectivity index (χ4n) is 3.50. The summed E-state index contributed by atoms with van der Waals surface area (Å²) in [5.74, 6) is 0.663. The fourth-order valence-corrected chi connectivity index (χ4v) is 4.40. The van der Waals surface area contributed by atoms with Crippen molar-refractivity contribution in [3.8, 4) is 0 Å². The summed E-state index contributed by atoms with van der Waals surface area (Å²) in [5.41, 5.74) is 4.07. The lowest BCUT2D eigenvalue weighted by atomic mass is 9.86. The topological polar surface area (TPSA) is 15.3 Å². The molecule has 2 rings (SSSR count). The molecule has 20 heavy (non-hydrogen) atoms. The SMILES string of the molecule is CCNC1CCN(c2c(C)cc(C)cc2Br)C(C)C1C. The lowest BCUT2D eigenvalue weighted by Crippen LogP contribution is -2.53. The molecule has 0 bridgehead atoms. The summed E-state index contributed by atoms with van der Waals surface area (Å²) in [6.45, 7) is 13.5. The first kappa shape index (κ1) is 15.8. The lowest BCUT2D eigenvalue weighted by molar-refractivity contribution is 0.274. The van der Waals surface area contributed by atoms with Crippen molar-refractivity contribution in [3.63, 3.8) is 0 Å². The summed E-state index contributed by atoms with van der Waals surface area (Å²) in [4.78, 5) is 2.58. The standard InChI is InChI=1S/C17H27BrN2/c1-6-19-16-7-8-20(14(5)13(16)4)17-12(3)9-11(2)10-15(17)18/h9-10,13-14,16,19H,6-8H2,1-5H3. The Bertz CT molecular complexity index is 449. The van der Waals surface area contributed by atoms with Gasteiger partial charge in [0.15, 0.2) is 0 Å². The lowest BCUT2D eigenvalue weighted by Gasteiger charge is -2.45. The Morgan fingerprint density at radius 1 is 1.30 bits per heavy atom. The Hall–Kier alpha value is -0.540. The molecule has 1 fully saturated rings.